The molecule has 0 saturated carbocycles. The minimum Gasteiger partial charge on any atom is -0.480 e. The van der Waals surface area contributed by atoms with E-state index in [1.807, 2.05) is 26.0 Å². The Morgan fingerprint density at radius 2 is 1.58 bits per heavy atom. The van der Waals surface area contributed by atoms with E-state index in [9.17, 15) is 9.59 Å². The van der Waals surface area contributed by atoms with Crippen LogP contribution in [0.2, 0.25) is 0 Å². The third-order valence-electron chi connectivity index (χ3n) is 2.98. The van der Waals surface area contributed by atoms with Crippen LogP contribution in [0, 0.1) is 0 Å². The molecule has 0 unspecified atom stereocenters. The number of benzene rings is 1. The zero-order chi connectivity index (χ0) is 14.6. The summed E-state index contributed by atoms with van der Waals surface area (Å²) in [6.07, 6.45) is 0.645. The second-order valence-electron chi connectivity index (χ2n) is 5.01. The molecule has 0 atom stereocenters. The summed E-state index contributed by atoms with van der Waals surface area (Å²) in [5.74, 6) is -2.56. The monoisotopic (exact) mass is 265 g/mol. The van der Waals surface area contributed by atoms with Crippen molar-refractivity contribution in [3.05, 3.63) is 35.4 Å². The molecule has 1 aliphatic rings. The van der Waals surface area contributed by atoms with Crippen molar-refractivity contribution in [1.29, 1.82) is 0 Å². The Labute approximate surface area is 112 Å². The van der Waals surface area contributed by atoms with Crippen molar-refractivity contribution in [2.45, 2.75) is 18.3 Å². The fourth-order valence-electron chi connectivity index (χ4n) is 2.15. The molecule has 2 rings (SSSR count). The highest BCUT2D eigenvalue weighted by Crippen LogP contribution is 2.39. The maximum atomic E-state index is 11.1. The van der Waals surface area contributed by atoms with Crippen molar-refractivity contribution in [3.63, 3.8) is 0 Å². The predicted molar refractivity (Wildman–Crippen MR) is 71.3 cm³/mol. The zero-order valence-electron chi connectivity index (χ0n) is 11.4. The van der Waals surface area contributed by atoms with Gasteiger partial charge >= 0.3 is 11.9 Å². The number of hydrogen-bond acceptors (Lipinski definition) is 3. The number of hydrogen-bond donors (Lipinski definition) is 2. The summed E-state index contributed by atoms with van der Waals surface area (Å²) in [5.41, 5.74) is -0.497. The molecule has 0 aliphatic heterocycles. The molecular formula is C14H19NO4. The molecule has 5 nitrogen and oxygen atoms in total. The number of aliphatic carboxylic acids is 2. The van der Waals surface area contributed by atoms with Gasteiger partial charge in [-0.2, -0.15) is 0 Å². The van der Waals surface area contributed by atoms with Crippen LogP contribution < -0.4 is 0 Å². The SMILES string of the molecule is CN(C)C.O=C(O)C1(C(=O)O)CCc2ccccc21. The van der Waals surface area contributed by atoms with Crippen molar-refractivity contribution in [2.75, 3.05) is 21.1 Å². The average Bonchev–Trinajstić information content (AvgIpc) is 2.68. The summed E-state index contributed by atoms with van der Waals surface area (Å²) < 4.78 is 0. The van der Waals surface area contributed by atoms with E-state index in [0.717, 1.165) is 5.56 Å². The molecule has 104 valence electrons. The third kappa shape index (κ3) is 2.93. The molecule has 0 radical (unpaired) electrons. The maximum Gasteiger partial charge on any atom is 0.325 e. The van der Waals surface area contributed by atoms with Gasteiger partial charge in [0.25, 0.3) is 0 Å². The second kappa shape index (κ2) is 5.84. The smallest absolute Gasteiger partial charge is 0.325 e. The van der Waals surface area contributed by atoms with Gasteiger partial charge in [0.15, 0.2) is 5.41 Å². The Kier molecular flexibility index (Phi) is 4.67. The van der Waals surface area contributed by atoms with E-state index in [1.54, 1.807) is 24.3 Å². The first-order valence-corrected chi connectivity index (χ1v) is 5.98. The lowest BCUT2D eigenvalue weighted by molar-refractivity contribution is -0.157. The topological polar surface area (TPSA) is 77.8 Å². The summed E-state index contributed by atoms with van der Waals surface area (Å²) in [7, 11) is 6.00. The van der Waals surface area contributed by atoms with Crippen molar-refractivity contribution < 1.29 is 19.8 Å². The zero-order valence-corrected chi connectivity index (χ0v) is 11.4. The summed E-state index contributed by atoms with van der Waals surface area (Å²) in [4.78, 5) is 24.3. The molecule has 0 amide bonds. The lowest BCUT2D eigenvalue weighted by Gasteiger charge is -2.19. The Morgan fingerprint density at radius 1 is 1.11 bits per heavy atom. The Hall–Kier alpha value is -1.88. The summed E-state index contributed by atoms with van der Waals surface area (Å²) in [6, 6.07) is 6.83. The van der Waals surface area contributed by atoms with Gasteiger partial charge in [0.2, 0.25) is 0 Å². The number of rotatable bonds is 2. The van der Waals surface area contributed by atoms with Crippen molar-refractivity contribution in [3.8, 4) is 0 Å². The van der Waals surface area contributed by atoms with Gasteiger partial charge in [-0.1, -0.05) is 24.3 Å². The fraction of sp³-hybridized carbons (Fsp3) is 0.429. The Bertz CT molecular complexity index is 465. The summed E-state index contributed by atoms with van der Waals surface area (Å²) in [6.45, 7) is 0. The molecule has 0 heterocycles. The highest BCUT2D eigenvalue weighted by atomic mass is 16.4. The fourth-order valence-corrected chi connectivity index (χ4v) is 2.15. The predicted octanol–water partition coefficient (Wildman–Crippen LogP) is 1.22. The second-order valence-corrected chi connectivity index (χ2v) is 5.01. The third-order valence-corrected chi connectivity index (χ3v) is 2.98. The molecule has 1 aromatic carbocycles. The van der Waals surface area contributed by atoms with E-state index < -0.39 is 17.4 Å². The van der Waals surface area contributed by atoms with Crippen molar-refractivity contribution >= 4 is 11.9 Å². The van der Waals surface area contributed by atoms with Crippen molar-refractivity contribution in [1.82, 2.24) is 4.90 Å². The van der Waals surface area contributed by atoms with Gasteiger partial charge in [-0.05, 0) is 45.1 Å². The van der Waals surface area contributed by atoms with Gasteiger partial charge in [-0.25, -0.2) is 0 Å². The minimum absolute atomic E-state index is 0.136. The van der Waals surface area contributed by atoms with Gasteiger partial charge in [0.05, 0.1) is 0 Å². The highest BCUT2D eigenvalue weighted by Gasteiger charge is 2.52. The molecule has 2 N–H and O–H groups in total. The van der Waals surface area contributed by atoms with E-state index >= 15 is 0 Å². The van der Waals surface area contributed by atoms with Crippen LogP contribution in [-0.4, -0.2) is 48.2 Å². The molecule has 5 heteroatoms. The number of carboxylic acid groups (broad SMARTS) is 2. The number of nitrogens with zero attached hydrogens (tertiary/aromatic N) is 1. The molecule has 1 aromatic rings. The summed E-state index contributed by atoms with van der Waals surface area (Å²) >= 11 is 0. The van der Waals surface area contributed by atoms with Crippen LogP contribution in [0.5, 0.6) is 0 Å². The van der Waals surface area contributed by atoms with Gasteiger partial charge in [-0.15, -0.1) is 0 Å². The number of carbonyl (C=O) groups is 2. The van der Waals surface area contributed by atoms with Crippen LogP contribution >= 0.6 is 0 Å². The van der Waals surface area contributed by atoms with Crippen molar-refractivity contribution in [2.24, 2.45) is 0 Å². The Morgan fingerprint density at radius 3 is 2.05 bits per heavy atom. The quantitative estimate of drug-likeness (QED) is 0.786. The van der Waals surface area contributed by atoms with Crippen LogP contribution in [0.4, 0.5) is 0 Å². The average molecular weight is 265 g/mol. The van der Waals surface area contributed by atoms with Crippen LogP contribution in [0.1, 0.15) is 17.5 Å². The van der Waals surface area contributed by atoms with Gasteiger partial charge in [-0.3, -0.25) is 9.59 Å². The molecule has 0 fully saturated rings. The van der Waals surface area contributed by atoms with Gasteiger partial charge < -0.3 is 15.1 Å². The Balaban J connectivity index is 0.000000399. The molecule has 0 aromatic heterocycles. The largest absolute Gasteiger partial charge is 0.480 e. The molecule has 19 heavy (non-hydrogen) atoms. The lowest BCUT2D eigenvalue weighted by atomic mass is 9.82. The van der Waals surface area contributed by atoms with E-state index in [0.29, 0.717) is 12.0 Å². The number of carboxylic acids is 2. The first kappa shape index (κ1) is 15.2. The van der Waals surface area contributed by atoms with E-state index in [1.165, 1.54) is 0 Å². The van der Waals surface area contributed by atoms with Crippen LogP contribution in [0.25, 0.3) is 0 Å². The number of aryl methyl sites for hydroxylation is 1. The normalized spacial score (nSPS) is 15.4. The van der Waals surface area contributed by atoms with E-state index in [-0.39, 0.29) is 6.42 Å². The molecule has 0 bridgehead atoms. The molecule has 0 saturated heterocycles. The van der Waals surface area contributed by atoms with E-state index in [2.05, 4.69) is 0 Å². The van der Waals surface area contributed by atoms with Crippen LogP contribution in [-0.2, 0) is 21.4 Å². The van der Waals surface area contributed by atoms with Crippen LogP contribution in [0.3, 0.4) is 0 Å². The first-order valence-electron chi connectivity index (χ1n) is 5.98. The molecular weight excluding hydrogens is 246 g/mol. The molecule has 0 spiro atoms. The lowest BCUT2D eigenvalue weighted by Crippen LogP contribution is -2.41. The standard InChI is InChI=1S/C11H10O4.C3H9N/c12-9(13)11(10(14)15)6-5-7-3-1-2-4-8(7)11;1-4(2)3/h1-4H,5-6H2,(H,12,13)(H,14,15);1-3H3. The minimum atomic E-state index is -1.74. The van der Waals surface area contributed by atoms with Crippen LogP contribution in [0.15, 0.2) is 24.3 Å². The number of fused-ring (bicyclic) bond motifs is 1. The maximum absolute atomic E-state index is 11.1. The first-order chi connectivity index (χ1) is 8.82. The molecule has 1 aliphatic carbocycles. The van der Waals surface area contributed by atoms with Gasteiger partial charge in [0, 0.05) is 0 Å². The van der Waals surface area contributed by atoms with E-state index in [4.69, 9.17) is 10.2 Å². The highest BCUT2D eigenvalue weighted by molar-refractivity contribution is 6.05. The summed E-state index contributed by atoms with van der Waals surface area (Å²) in [5, 5.41) is 18.2. The van der Waals surface area contributed by atoms with Gasteiger partial charge in [0.1, 0.15) is 0 Å².